The Hall–Kier alpha value is -0.760. The molecule has 2 bridgehead atoms. The fourth-order valence-electron chi connectivity index (χ4n) is 5.21. The van der Waals surface area contributed by atoms with Crippen LogP contribution in [0.4, 0.5) is 0 Å². The van der Waals surface area contributed by atoms with Crippen molar-refractivity contribution < 1.29 is 4.79 Å². The maximum atomic E-state index is 11.9. The summed E-state index contributed by atoms with van der Waals surface area (Å²) in [4.78, 5) is 11.9. The number of nitrogens with zero attached hydrogens (tertiary/aromatic N) is 1. The number of aryl methyl sites for hydroxylation is 1. The van der Waals surface area contributed by atoms with Gasteiger partial charge in [-0.25, -0.2) is 0 Å². The molecule has 4 unspecified atom stereocenters. The van der Waals surface area contributed by atoms with Gasteiger partial charge in [0.25, 0.3) is 0 Å². The number of carbonyl (C=O) groups is 1. The molecule has 0 N–H and O–H groups in total. The zero-order chi connectivity index (χ0) is 13.3. The van der Waals surface area contributed by atoms with Gasteiger partial charge in [0.2, 0.25) is 0 Å². The number of ketones is 1. The van der Waals surface area contributed by atoms with Gasteiger partial charge in [0, 0.05) is 23.0 Å². The van der Waals surface area contributed by atoms with Crippen LogP contribution < -0.4 is 0 Å². The summed E-state index contributed by atoms with van der Waals surface area (Å²) in [6.45, 7) is 4.22. The van der Waals surface area contributed by atoms with E-state index in [4.69, 9.17) is 11.6 Å². The second-order valence-corrected chi connectivity index (χ2v) is 6.96. The minimum Gasteiger partial charge on any atom is -0.345 e. The predicted molar refractivity (Wildman–Crippen MR) is 75.8 cm³/mol. The van der Waals surface area contributed by atoms with Crippen LogP contribution in [0.3, 0.4) is 0 Å². The predicted octanol–water partition coefficient (Wildman–Crippen LogP) is 3.74. The normalized spacial score (nSPS) is 38.6. The lowest BCUT2D eigenvalue weighted by molar-refractivity contribution is 0.102. The van der Waals surface area contributed by atoms with Crippen LogP contribution in [0.25, 0.3) is 0 Å². The van der Waals surface area contributed by atoms with Gasteiger partial charge in [0.1, 0.15) is 0 Å². The van der Waals surface area contributed by atoms with Gasteiger partial charge in [-0.1, -0.05) is 0 Å². The second-order valence-electron chi connectivity index (χ2n) is 6.69. The summed E-state index contributed by atoms with van der Waals surface area (Å²) in [5, 5.41) is 0. The van der Waals surface area contributed by atoms with Crippen LogP contribution in [0.5, 0.6) is 0 Å². The highest BCUT2D eigenvalue weighted by Gasteiger charge is 2.66. The van der Waals surface area contributed by atoms with Crippen LogP contribution >= 0.6 is 11.6 Å². The van der Waals surface area contributed by atoms with Crippen molar-refractivity contribution in [1.29, 1.82) is 0 Å². The first-order valence-corrected chi connectivity index (χ1v) is 7.94. The van der Waals surface area contributed by atoms with E-state index in [0.717, 1.165) is 34.9 Å². The number of hydrogen-bond donors (Lipinski definition) is 0. The van der Waals surface area contributed by atoms with Gasteiger partial charge < -0.3 is 4.57 Å². The molecule has 19 heavy (non-hydrogen) atoms. The van der Waals surface area contributed by atoms with Gasteiger partial charge in [-0.3, -0.25) is 4.79 Å². The molecule has 3 heteroatoms. The summed E-state index contributed by atoms with van der Waals surface area (Å²) in [6, 6.07) is 2.72. The Morgan fingerprint density at radius 2 is 1.95 bits per heavy atom. The van der Waals surface area contributed by atoms with Gasteiger partial charge in [-0.15, -0.1) is 11.6 Å². The average molecular weight is 278 g/mol. The molecule has 3 fully saturated rings. The number of rotatable bonds is 3. The minimum atomic E-state index is 0.0646. The van der Waals surface area contributed by atoms with Crippen molar-refractivity contribution in [2.75, 3.05) is 5.88 Å². The molecular formula is C16H20ClNO. The highest BCUT2D eigenvalue weighted by atomic mass is 35.5. The first-order valence-electron chi connectivity index (χ1n) is 7.41. The van der Waals surface area contributed by atoms with Crippen LogP contribution in [0, 0.1) is 37.5 Å². The second kappa shape index (κ2) is 3.88. The number of carbonyl (C=O) groups excluding carboxylic acids is 1. The molecule has 4 rings (SSSR count). The van der Waals surface area contributed by atoms with Crippen LogP contribution in [0.1, 0.15) is 47.1 Å². The zero-order valence-corrected chi connectivity index (χ0v) is 12.3. The summed E-state index contributed by atoms with van der Waals surface area (Å²) in [6.07, 6.45) is 4.35. The topological polar surface area (TPSA) is 22.0 Å². The van der Waals surface area contributed by atoms with Crippen LogP contribution in [0.15, 0.2) is 6.07 Å². The van der Waals surface area contributed by atoms with Gasteiger partial charge in [0.15, 0.2) is 5.78 Å². The quantitative estimate of drug-likeness (QED) is 0.609. The molecule has 0 aromatic carbocycles. The highest BCUT2D eigenvalue weighted by molar-refractivity contribution is 6.30. The molecule has 0 spiro atoms. The summed E-state index contributed by atoms with van der Waals surface area (Å²) in [7, 11) is 0. The summed E-state index contributed by atoms with van der Waals surface area (Å²) < 4.78 is 2.44. The molecule has 0 saturated heterocycles. The van der Waals surface area contributed by atoms with E-state index < -0.39 is 0 Å². The van der Waals surface area contributed by atoms with E-state index in [2.05, 4.69) is 18.4 Å². The van der Waals surface area contributed by atoms with Crippen molar-refractivity contribution in [1.82, 2.24) is 4.57 Å². The standard InChI is InChI=1S/C16H20ClNO/c1-8-5-12(13(19)7-17)9(2)18(8)16-14-10-3-4-11(6-10)15(14)16/h5,10-11,14-16H,3-4,6-7H2,1-2H3. The Balaban J connectivity index is 1.70. The lowest BCUT2D eigenvalue weighted by atomic mass is 10.0. The van der Waals surface area contributed by atoms with Crippen molar-refractivity contribution in [3.63, 3.8) is 0 Å². The van der Waals surface area contributed by atoms with Gasteiger partial charge in [0.05, 0.1) is 5.88 Å². The number of alkyl halides is 1. The maximum Gasteiger partial charge on any atom is 0.179 e. The molecule has 3 aliphatic carbocycles. The third-order valence-electron chi connectivity index (χ3n) is 5.90. The monoisotopic (exact) mass is 277 g/mol. The molecule has 2 nitrogen and oxygen atoms in total. The molecule has 1 aromatic rings. The van der Waals surface area contributed by atoms with Crippen molar-refractivity contribution in [3.05, 3.63) is 23.0 Å². The van der Waals surface area contributed by atoms with E-state index in [0.29, 0.717) is 6.04 Å². The number of aromatic nitrogens is 1. The lowest BCUT2D eigenvalue weighted by Gasteiger charge is -2.14. The van der Waals surface area contributed by atoms with Crippen molar-refractivity contribution >= 4 is 17.4 Å². The van der Waals surface area contributed by atoms with Crippen molar-refractivity contribution in [3.8, 4) is 0 Å². The van der Waals surface area contributed by atoms with Crippen molar-refractivity contribution in [2.45, 2.75) is 39.2 Å². The largest absolute Gasteiger partial charge is 0.345 e. The first kappa shape index (κ1) is 12.0. The lowest BCUT2D eigenvalue weighted by Crippen LogP contribution is -2.09. The fourth-order valence-corrected chi connectivity index (χ4v) is 5.36. The molecule has 4 atom stereocenters. The molecule has 3 saturated carbocycles. The summed E-state index contributed by atoms with van der Waals surface area (Å²) in [5.41, 5.74) is 3.22. The fraction of sp³-hybridized carbons (Fsp3) is 0.688. The third kappa shape index (κ3) is 1.47. The highest BCUT2D eigenvalue weighted by Crippen LogP contribution is 2.71. The number of fused-ring (bicyclic) bond motifs is 5. The van der Waals surface area contributed by atoms with E-state index in [1.807, 2.05) is 6.07 Å². The van der Waals surface area contributed by atoms with Gasteiger partial charge in [-0.2, -0.15) is 0 Å². The Morgan fingerprint density at radius 1 is 1.32 bits per heavy atom. The maximum absolute atomic E-state index is 11.9. The molecule has 0 radical (unpaired) electrons. The van der Waals surface area contributed by atoms with E-state index in [1.165, 1.54) is 25.0 Å². The minimum absolute atomic E-state index is 0.0646. The van der Waals surface area contributed by atoms with E-state index in [9.17, 15) is 4.79 Å². The Morgan fingerprint density at radius 3 is 2.53 bits per heavy atom. The number of hydrogen-bond acceptors (Lipinski definition) is 1. The smallest absolute Gasteiger partial charge is 0.179 e. The average Bonchev–Trinajstić information content (AvgIpc) is 2.75. The molecule has 1 aromatic heterocycles. The third-order valence-corrected chi connectivity index (χ3v) is 6.14. The number of halogens is 1. The zero-order valence-electron chi connectivity index (χ0n) is 11.5. The molecule has 102 valence electrons. The molecule has 0 amide bonds. The SMILES string of the molecule is Cc1cc(C(=O)CCl)c(C)n1C1C2C3CCC(C3)C21. The Kier molecular flexibility index (Phi) is 2.45. The Labute approximate surface area is 119 Å². The first-order chi connectivity index (χ1) is 9.13. The Bertz CT molecular complexity index is 545. The number of Topliss-reactive ketones (excluding diaryl/α,β-unsaturated/α-hetero) is 1. The van der Waals surface area contributed by atoms with Crippen LogP contribution in [-0.2, 0) is 0 Å². The molecular weight excluding hydrogens is 258 g/mol. The molecule has 0 aliphatic heterocycles. The molecule has 3 aliphatic rings. The van der Waals surface area contributed by atoms with Gasteiger partial charge >= 0.3 is 0 Å². The van der Waals surface area contributed by atoms with Crippen LogP contribution in [-0.4, -0.2) is 16.2 Å². The van der Waals surface area contributed by atoms with E-state index >= 15 is 0 Å². The summed E-state index contributed by atoms with van der Waals surface area (Å²) in [5.74, 6) is 3.90. The summed E-state index contributed by atoms with van der Waals surface area (Å²) >= 11 is 5.71. The van der Waals surface area contributed by atoms with E-state index in [1.54, 1.807) is 0 Å². The van der Waals surface area contributed by atoms with Crippen molar-refractivity contribution in [2.24, 2.45) is 23.7 Å². The molecule has 1 heterocycles. The van der Waals surface area contributed by atoms with Crippen LogP contribution in [0.2, 0.25) is 0 Å². The van der Waals surface area contributed by atoms with E-state index in [-0.39, 0.29) is 11.7 Å². The van der Waals surface area contributed by atoms with Gasteiger partial charge in [-0.05, 0) is 62.8 Å².